The van der Waals surface area contributed by atoms with Crippen molar-refractivity contribution in [2.24, 2.45) is 0 Å². The highest BCUT2D eigenvalue weighted by Gasteiger charge is 2.36. The van der Waals surface area contributed by atoms with Gasteiger partial charge in [0.25, 0.3) is 0 Å². The number of hydrogen-bond acceptors (Lipinski definition) is 7. The maximum absolute atomic E-state index is 14.9. The predicted octanol–water partition coefficient (Wildman–Crippen LogP) is 3.81. The molecule has 0 spiro atoms. The second-order valence-corrected chi connectivity index (χ2v) is 10.5. The fourth-order valence-corrected chi connectivity index (χ4v) is 6.04. The van der Waals surface area contributed by atoms with Crippen LogP contribution >= 0.6 is 11.6 Å². The van der Waals surface area contributed by atoms with Crippen molar-refractivity contribution in [3.8, 4) is 5.75 Å². The van der Waals surface area contributed by atoms with E-state index in [0.29, 0.717) is 29.4 Å². The molecule has 1 aliphatic heterocycles. The van der Waals surface area contributed by atoms with Crippen LogP contribution in [0.5, 0.6) is 5.75 Å². The summed E-state index contributed by atoms with van der Waals surface area (Å²) < 4.78 is 55.7. The molecular weight excluding hydrogens is 499 g/mol. The van der Waals surface area contributed by atoms with E-state index in [1.165, 1.54) is 18.2 Å². The first-order chi connectivity index (χ1) is 16.5. The van der Waals surface area contributed by atoms with Crippen molar-refractivity contribution < 1.29 is 22.0 Å². The van der Waals surface area contributed by atoms with E-state index in [1.54, 1.807) is 19.9 Å². The molecule has 3 aromatic rings. The summed E-state index contributed by atoms with van der Waals surface area (Å²) in [4.78, 5) is 13.5. The van der Waals surface area contributed by atoms with Crippen LogP contribution in [0.2, 0.25) is 5.02 Å². The molecule has 4 rings (SSSR count). The highest BCUT2D eigenvalue weighted by Crippen LogP contribution is 2.43. The molecule has 1 aromatic heterocycles. The minimum absolute atomic E-state index is 0.130. The van der Waals surface area contributed by atoms with E-state index >= 15 is 0 Å². The van der Waals surface area contributed by atoms with E-state index < -0.39 is 33.6 Å². The van der Waals surface area contributed by atoms with Gasteiger partial charge in [-0.25, -0.2) is 22.7 Å². The highest BCUT2D eigenvalue weighted by atomic mass is 35.5. The van der Waals surface area contributed by atoms with Gasteiger partial charge in [0.15, 0.2) is 5.75 Å². The van der Waals surface area contributed by atoms with Crippen LogP contribution in [-0.2, 0) is 10.0 Å². The Labute approximate surface area is 207 Å². The largest absolute Gasteiger partial charge is 0.488 e. The molecule has 0 unspecified atom stereocenters. The van der Waals surface area contributed by atoms with E-state index in [1.807, 2.05) is 18.7 Å². The zero-order chi connectivity index (χ0) is 25.5. The number of aryl methyl sites for hydroxylation is 1. The van der Waals surface area contributed by atoms with Crippen LogP contribution in [0.25, 0.3) is 0 Å². The molecule has 0 aliphatic carbocycles. The molecule has 0 bridgehead atoms. The number of nitrogens with zero attached hydrogens (tertiary/aromatic N) is 2. The van der Waals surface area contributed by atoms with Gasteiger partial charge in [0, 0.05) is 12.5 Å². The minimum Gasteiger partial charge on any atom is -0.488 e. The van der Waals surface area contributed by atoms with E-state index in [-0.39, 0.29) is 28.7 Å². The third-order valence-electron chi connectivity index (χ3n) is 6.33. The molecule has 0 saturated heterocycles. The first-order valence-electron chi connectivity index (χ1n) is 11.1. The predicted molar refractivity (Wildman–Crippen MR) is 129 cm³/mol. The molecular formula is C23H26ClFN4O5S. The number of aromatic amines is 1. The molecule has 9 nitrogen and oxygen atoms in total. The molecule has 2 aromatic carbocycles. The molecule has 35 heavy (non-hydrogen) atoms. The van der Waals surface area contributed by atoms with Crippen LogP contribution in [0.1, 0.15) is 48.4 Å². The first kappa shape index (κ1) is 25.2. The van der Waals surface area contributed by atoms with Crippen molar-refractivity contribution in [2.45, 2.75) is 44.6 Å². The number of aromatic nitrogens is 2. The Morgan fingerprint density at radius 1 is 1.29 bits per heavy atom. The minimum atomic E-state index is -4.28. The lowest BCUT2D eigenvalue weighted by atomic mass is 9.88. The van der Waals surface area contributed by atoms with E-state index in [0.717, 1.165) is 5.56 Å². The van der Waals surface area contributed by atoms with Crippen LogP contribution in [0, 0.1) is 19.7 Å². The molecule has 188 valence electrons. The van der Waals surface area contributed by atoms with Gasteiger partial charge in [-0.1, -0.05) is 24.6 Å². The summed E-state index contributed by atoms with van der Waals surface area (Å²) >= 11 is 6.38. The molecule has 0 amide bonds. The van der Waals surface area contributed by atoms with Crippen LogP contribution in [-0.4, -0.2) is 38.3 Å². The summed E-state index contributed by atoms with van der Waals surface area (Å²) in [5.41, 5.74) is 2.26. The lowest BCUT2D eigenvalue weighted by molar-refractivity contribution is 0.299. The second kappa shape index (κ2) is 9.63. The first-order valence-corrected chi connectivity index (χ1v) is 12.9. The van der Waals surface area contributed by atoms with E-state index in [4.69, 9.17) is 20.8 Å². The van der Waals surface area contributed by atoms with Gasteiger partial charge in [-0.2, -0.15) is 4.72 Å². The van der Waals surface area contributed by atoms with Crippen LogP contribution in [0.15, 0.2) is 38.4 Å². The third-order valence-corrected chi connectivity index (χ3v) is 8.10. The molecule has 2 atom stereocenters. The van der Waals surface area contributed by atoms with Gasteiger partial charge < -0.3 is 14.1 Å². The fraction of sp³-hybridized carbons (Fsp3) is 0.391. The number of rotatable bonds is 7. The molecule has 2 heterocycles. The topological polar surface area (TPSA) is 118 Å². The van der Waals surface area contributed by atoms with Crippen molar-refractivity contribution in [2.75, 3.05) is 24.6 Å². The molecule has 1 aliphatic rings. The molecule has 12 heteroatoms. The smallest absolute Gasteiger partial charge is 0.434 e. The Morgan fingerprint density at radius 3 is 2.69 bits per heavy atom. The van der Waals surface area contributed by atoms with Crippen molar-refractivity contribution in [3.63, 3.8) is 0 Å². The number of hydrogen-bond donors (Lipinski definition) is 2. The monoisotopic (exact) mass is 524 g/mol. The van der Waals surface area contributed by atoms with Gasteiger partial charge in [0.1, 0.15) is 23.4 Å². The Kier molecular flexibility index (Phi) is 6.94. The van der Waals surface area contributed by atoms with Crippen molar-refractivity contribution in [3.05, 3.63) is 68.2 Å². The van der Waals surface area contributed by atoms with Gasteiger partial charge >= 0.3 is 5.76 Å². The zero-order valence-electron chi connectivity index (χ0n) is 19.7. The average molecular weight is 525 g/mol. The van der Waals surface area contributed by atoms with Crippen LogP contribution in [0.4, 0.5) is 10.1 Å². The standard InChI is InChI=1S/C23H26ClFN4O5S/c1-5-29-10-11-33-21-17(9-7-15(24)20(21)29)35(31,32)28-19(22-26-27-23(30)34-22)14(4)18-13(3)12(2)6-8-16(18)25/h6-9,14,19,28H,5,10-11H2,1-4H3,(H,27,30)/t14-,19+/m1/s1. The maximum Gasteiger partial charge on any atom is 0.434 e. The number of nitrogens with one attached hydrogen (secondary N) is 2. The summed E-state index contributed by atoms with van der Waals surface area (Å²) in [6.07, 6.45) is 0. The fourth-order valence-electron chi connectivity index (χ4n) is 4.36. The second-order valence-electron chi connectivity index (χ2n) is 8.39. The number of anilines is 1. The van der Waals surface area contributed by atoms with Crippen molar-refractivity contribution >= 4 is 27.3 Å². The lowest BCUT2D eigenvalue weighted by Crippen LogP contribution is -2.36. The molecule has 0 radical (unpaired) electrons. The summed E-state index contributed by atoms with van der Waals surface area (Å²) in [6.45, 7) is 8.60. The average Bonchev–Trinajstić information content (AvgIpc) is 3.25. The van der Waals surface area contributed by atoms with Gasteiger partial charge in [-0.15, -0.1) is 5.10 Å². The van der Waals surface area contributed by atoms with Gasteiger partial charge in [0.05, 0.1) is 17.3 Å². The van der Waals surface area contributed by atoms with E-state index in [9.17, 15) is 17.6 Å². The third kappa shape index (κ3) is 4.67. The zero-order valence-corrected chi connectivity index (χ0v) is 21.3. The van der Waals surface area contributed by atoms with Gasteiger partial charge in [0.2, 0.25) is 15.9 Å². The lowest BCUT2D eigenvalue weighted by Gasteiger charge is -2.32. The maximum atomic E-state index is 14.9. The molecule has 0 fully saturated rings. The number of halogens is 2. The SMILES string of the molecule is CCN1CCOc2c(S(=O)(=O)N[C@H](c3n[nH]c(=O)o3)[C@H](C)c3c(F)ccc(C)c3C)ccc(Cl)c21. The normalized spacial score (nSPS) is 15.4. The number of benzene rings is 2. The van der Waals surface area contributed by atoms with Crippen molar-refractivity contribution in [1.29, 1.82) is 0 Å². The van der Waals surface area contributed by atoms with Gasteiger partial charge in [-0.3, -0.25) is 0 Å². The van der Waals surface area contributed by atoms with Crippen molar-refractivity contribution in [1.82, 2.24) is 14.9 Å². The Morgan fingerprint density at radius 2 is 2.03 bits per heavy atom. The summed E-state index contributed by atoms with van der Waals surface area (Å²) in [6, 6.07) is 4.61. The Balaban J connectivity index is 1.82. The molecule has 0 saturated carbocycles. The molecule has 2 N–H and O–H groups in total. The van der Waals surface area contributed by atoms with Crippen LogP contribution < -0.4 is 20.1 Å². The number of H-pyrrole nitrogens is 1. The summed E-state index contributed by atoms with van der Waals surface area (Å²) in [7, 11) is -4.28. The van der Waals surface area contributed by atoms with Crippen LogP contribution in [0.3, 0.4) is 0 Å². The number of likely N-dealkylation sites (N-methyl/N-ethyl adjacent to an activating group) is 1. The number of fused-ring (bicyclic) bond motifs is 1. The van der Waals surface area contributed by atoms with Gasteiger partial charge in [-0.05, 0) is 55.7 Å². The summed E-state index contributed by atoms with van der Waals surface area (Å²) in [5.74, 6) is -2.24. The highest BCUT2D eigenvalue weighted by molar-refractivity contribution is 7.89. The Bertz CT molecular complexity index is 1420. The summed E-state index contributed by atoms with van der Waals surface area (Å²) in [5, 5.41) is 6.34. The quantitative estimate of drug-likeness (QED) is 0.482. The number of sulfonamides is 1. The number of ether oxygens (including phenoxy) is 1. The Hall–Kier alpha value is -2.89. The van der Waals surface area contributed by atoms with E-state index in [2.05, 4.69) is 14.9 Å².